The monoisotopic (exact) mass is 884 g/mol. The molecule has 3 N–H and O–H groups in total. The molecule has 2 aliphatic rings. The van der Waals surface area contributed by atoms with Gasteiger partial charge in [0.1, 0.15) is 18.7 Å². The number of carboxylic acids is 2. The van der Waals surface area contributed by atoms with Gasteiger partial charge in [0.2, 0.25) is 0 Å². The van der Waals surface area contributed by atoms with Crippen LogP contribution in [-0.4, -0.2) is 88.3 Å². The number of carboxylic acid groups (broad SMARTS) is 2. The Morgan fingerprint density at radius 3 is 1.60 bits per heavy atom. The van der Waals surface area contributed by atoms with Crippen LogP contribution in [-0.2, 0) is 27.4 Å². The number of aliphatic carboxylic acids is 2. The van der Waals surface area contributed by atoms with Crippen molar-refractivity contribution >= 4 is 96.0 Å². The number of ether oxygens (including phenoxy) is 3. The molecule has 0 radical (unpaired) electrons. The summed E-state index contributed by atoms with van der Waals surface area (Å²) >= 11 is 12.5. The number of aromatic nitrogens is 2. The minimum absolute atomic E-state index is 0. The topological polar surface area (TPSA) is 179 Å². The van der Waals surface area contributed by atoms with Crippen LogP contribution in [0.1, 0.15) is 39.3 Å². The number of methoxy groups -OCH3 is 2. The van der Waals surface area contributed by atoms with Crippen LogP contribution >= 0.6 is 23.2 Å². The van der Waals surface area contributed by atoms with Crippen LogP contribution < -0.4 is 25.6 Å². The molecule has 8 rings (SSSR count). The molecule has 62 heavy (non-hydrogen) atoms. The largest absolute Gasteiger partial charge is 0.493 e. The van der Waals surface area contributed by atoms with E-state index in [9.17, 15) is 34.2 Å². The Bertz CT molecular complexity index is 3000. The zero-order chi connectivity index (χ0) is 43.9. The zero-order valence-corrected chi connectivity index (χ0v) is 35.4. The number of carbonyl (C=O) groups is 3. The van der Waals surface area contributed by atoms with Gasteiger partial charge in [0.15, 0.2) is 22.4 Å². The highest BCUT2D eigenvalue weighted by atomic mass is 35.5. The Morgan fingerprint density at radius 2 is 1.18 bits per heavy atom. The van der Waals surface area contributed by atoms with Gasteiger partial charge in [-0.3, -0.25) is 19.2 Å². The third kappa shape index (κ3) is 8.71. The molecule has 0 aliphatic carbocycles. The highest BCUT2D eigenvalue weighted by Gasteiger charge is 2.27. The first-order chi connectivity index (χ1) is 29.0. The molecule has 2 aromatic heterocycles. The lowest BCUT2D eigenvalue weighted by molar-refractivity contribution is -0.138. The number of benzene rings is 4. The van der Waals surface area contributed by atoms with E-state index in [0.29, 0.717) is 67.5 Å². The van der Waals surface area contributed by atoms with Gasteiger partial charge in [0, 0.05) is 37.0 Å². The predicted octanol–water partition coefficient (Wildman–Crippen LogP) is 8.06. The summed E-state index contributed by atoms with van der Waals surface area (Å²) in [5.41, 5.74) is 4.38. The fourth-order valence-corrected chi connectivity index (χ4v) is 8.19. The van der Waals surface area contributed by atoms with E-state index in [1.165, 1.54) is 18.8 Å². The van der Waals surface area contributed by atoms with Gasteiger partial charge in [-0.1, -0.05) is 54.9 Å². The van der Waals surface area contributed by atoms with Gasteiger partial charge in [0.25, 0.3) is 0 Å². The van der Waals surface area contributed by atoms with E-state index in [0.717, 1.165) is 35.4 Å². The molecule has 1 amide bonds. The number of nitrogens with zero attached hydrogens (tertiary/aromatic N) is 3. The lowest BCUT2D eigenvalue weighted by atomic mass is 10.0. The number of carbonyl (C=O) groups excluding carboxylic acids is 1. The first kappa shape index (κ1) is 45.2. The van der Waals surface area contributed by atoms with Crippen molar-refractivity contribution in [1.29, 1.82) is 0 Å². The molecule has 4 heterocycles. The third-order valence-corrected chi connectivity index (χ3v) is 11.0. The van der Waals surface area contributed by atoms with Crippen LogP contribution in [0, 0.1) is 0 Å². The first-order valence-electron chi connectivity index (χ1n) is 19.2. The van der Waals surface area contributed by atoms with E-state index in [2.05, 4.69) is 11.4 Å². The minimum Gasteiger partial charge on any atom is -0.493 e. The van der Waals surface area contributed by atoms with Crippen molar-refractivity contribution < 1.29 is 38.8 Å². The predicted molar refractivity (Wildman–Crippen MR) is 243 cm³/mol. The normalized spacial score (nSPS) is 13.7. The van der Waals surface area contributed by atoms with Crippen molar-refractivity contribution in [3.63, 3.8) is 0 Å². The minimum atomic E-state index is -1.07. The van der Waals surface area contributed by atoms with Crippen molar-refractivity contribution in [1.82, 2.24) is 19.4 Å². The Morgan fingerprint density at radius 1 is 0.710 bits per heavy atom. The lowest BCUT2D eigenvalue weighted by Crippen LogP contribution is -2.35. The molecule has 4 aromatic carbocycles. The maximum atomic E-state index is 13.3. The highest BCUT2D eigenvalue weighted by Crippen LogP contribution is 2.36. The maximum Gasteiger partial charge on any atom is 0.410 e. The van der Waals surface area contributed by atoms with Crippen LogP contribution in [0.4, 0.5) is 4.79 Å². The second-order valence-corrected chi connectivity index (χ2v) is 16.3. The van der Waals surface area contributed by atoms with Gasteiger partial charge in [-0.05, 0) is 91.6 Å². The number of pyridine rings is 2. The molecule has 0 unspecified atom stereocenters. The Hall–Kier alpha value is -6.35. The maximum absolute atomic E-state index is 13.3. The molecular weight excluding hydrogens is 839 g/mol. The average molecular weight is 886 g/mol. The van der Waals surface area contributed by atoms with Gasteiger partial charge >= 0.3 is 18.0 Å². The van der Waals surface area contributed by atoms with Crippen LogP contribution in [0.15, 0.2) is 82.4 Å². The van der Waals surface area contributed by atoms with E-state index < -0.39 is 30.2 Å². The molecule has 6 aromatic rings. The quantitative estimate of drug-likeness (QED) is 0.126. The fourth-order valence-electron chi connectivity index (χ4n) is 7.73. The summed E-state index contributed by atoms with van der Waals surface area (Å²) in [5.74, 6) is -1.56. The molecule has 0 fully saturated rings. The number of rotatable bonds is 8. The third-order valence-electron chi connectivity index (χ3n) is 10.4. The smallest absolute Gasteiger partial charge is 0.410 e. The van der Waals surface area contributed by atoms with E-state index in [-0.39, 0.29) is 35.6 Å². The summed E-state index contributed by atoms with van der Waals surface area (Å²) in [7, 11) is 2.87. The van der Waals surface area contributed by atoms with Crippen molar-refractivity contribution in [2.24, 2.45) is 0 Å². The first-order valence-corrected chi connectivity index (χ1v) is 19.9. The van der Waals surface area contributed by atoms with Crippen LogP contribution in [0.2, 0.25) is 10.0 Å². The van der Waals surface area contributed by atoms with Gasteiger partial charge < -0.3 is 43.8 Å². The molecule has 0 bridgehead atoms. The second kappa shape index (κ2) is 17.9. The fraction of sp³-hybridized carbons (Fsp3) is 0.283. The van der Waals surface area contributed by atoms with E-state index >= 15 is 0 Å². The summed E-state index contributed by atoms with van der Waals surface area (Å²) < 4.78 is 19.4. The zero-order valence-electron chi connectivity index (χ0n) is 33.9. The Balaban J connectivity index is 0.000000209. The van der Waals surface area contributed by atoms with Gasteiger partial charge in [-0.25, -0.2) is 4.79 Å². The number of hydrogen-bond acceptors (Lipinski definition) is 9. The van der Waals surface area contributed by atoms with Crippen molar-refractivity contribution in [3.8, 4) is 11.5 Å². The molecule has 324 valence electrons. The van der Waals surface area contributed by atoms with Crippen molar-refractivity contribution in [2.75, 3.05) is 40.4 Å². The highest BCUT2D eigenvalue weighted by molar-refractivity contribution is 6.33. The van der Waals surface area contributed by atoms with E-state index in [1.807, 2.05) is 39.0 Å². The molecule has 0 saturated heterocycles. The van der Waals surface area contributed by atoms with Crippen molar-refractivity contribution in [2.45, 2.75) is 46.9 Å². The number of halogens is 2. The average Bonchev–Trinajstić information content (AvgIpc) is 3.94. The molecule has 0 saturated carbocycles. The number of hydrogen-bond donors (Lipinski definition) is 3. The second-order valence-electron chi connectivity index (χ2n) is 15.5. The van der Waals surface area contributed by atoms with Gasteiger partial charge in [0.05, 0.1) is 57.1 Å². The molecule has 16 heteroatoms. The van der Waals surface area contributed by atoms with Crippen molar-refractivity contribution in [3.05, 3.63) is 114 Å². The van der Waals surface area contributed by atoms with Crippen LogP contribution in [0.3, 0.4) is 0 Å². The number of fused-ring (bicyclic) bond motifs is 4. The van der Waals surface area contributed by atoms with Gasteiger partial charge in [-0.2, -0.15) is 0 Å². The molecule has 0 spiro atoms. The Kier molecular flexibility index (Phi) is 13.1. The summed E-state index contributed by atoms with van der Waals surface area (Å²) in [6, 6.07) is 17.1. The Labute approximate surface area is 366 Å². The number of amides is 1. The van der Waals surface area contributed by atoms with Crippen LogP contribution in [0.25, 0.3) is 54.8 Å². The molecular formula is C46H46Cl2N4O10. The standard InChI is InChI=1S/C25H25ClN2O6.C20H17ClN2O4.CH4/c1-25(2,3)34-24(32)27-10-9-15(12-27)14-5-6-16-19(11-14)28(13-20(29)30)21-17(22(16)31)7-8-18(26)23(21)33-4;1-27-20-15(21)5-4-14-18(20)23(10-17(24)25)16-8-11(12-6-7-22-9-12)2-3-13(16)19(14)26;/h5-9,11H,10,12-13H2,1-4H3,(H,29,30);2-6,8,22H,7,9-10H2,1H3,(H,24,25);1H4. The molecule has 14 nitrogen and oxygen atoms in total. The SMILES string of the molecule is C.COc1c(Cl)ccc2c(=O)c3ccc(C4=CCN(C(=O)OC(C)(C)C)C4)cc3n(CC(=O)O)c12.COc1c(Cl)ccc2c(=O)c3ccc(C4=CCNC4)cc3n(CC(=O)O)c12. The molecule has 2 aliphatic heterocycles. The summed E-state index contributed by atoms with van der Waals surface area (Å²) in [4.78, 5) is 63.7. The van der Waals surface area contributed by atoms with Crippen LogP contribution in [0.5, 0.6) is 11.5 Å². The number of nitrogens with one attached hydrogen (secondary N) is 1. The van der Waals surface area contributed by atoms with E-state index in [4.69, 9.17) is 37.4 Å². The molecule has 0 atom stereocenters. The van der Waals surface area contributed by atoms with E-state index in [1.54, 1.807) is 58.0 Å². The summed E-state index contributed by atoms with van der Waals surface area (Å²) in [6.45, 7) is 6.98. The summed E-state index contributed by atoms with van der Waals surface area (Å²) in [6.07, 6.45) is 3.59. The lowest BCUT2D eigenvalue weighted by Gasteiger charge is -2.24. The summed E-state index contributed by atoms with van der Waals surface area (Å²) in [5, 5.41) is 24.5. The van der Waals surface area contributed by atoms with Gasteiger partial charge in [-0.15, -0.1) is 0 Å².